The first-order chi connectivity index (χ1) is 10.7. The van der Waals surface area contributed by atoms with Crippen molar-refractivity contribution in [2.24, 2.45) is 17.8 Å². The molecule has 3 rings (SSSR count). The summed E-state index contributed by atoms with van der Waals surface area (Å²) < 4.78 is 5.58. The third-order valence-corrected chi connectivity index (χ3v) is 5.65. The zero-order valence-electron chi connectivity index (χ0n) is 14.3. The molecule has 1 aliphatic carbocycles. The van der Waals surface area contributed by atoms with Crippen LogP contribution in [0.15, 0.2) is 0 Å². The van der Waals surface area contributed by atoms with Crippen molar-refractivity contribution in [3.8, 4) is 0 Å². The number of nitrogens with zero attached hydrogens (tertiary/aromatic N) is 2. The lowest BCUT2D eigenvalue weighted by molar-refractivity contribution is -0.135. The summed E-state index contributed by atoms with van der Waals surface area (Å²) in [6.07, 6.45) is 6.29. The Labute approximate surface area is 135 Å². The van der Waals surface area contributed by atoms with Crippen LogP contribution in [0.1, 0.15) is 46.0 Å². The molecule has 3 aliphatic rings. The molecule has 4 heteroatoms. The summed E-state index contributed by atoms with van der Waals surface area (Å²) in [7, 11) is 0. The van der Waals surface area contributed by atoms with E-state index >= 15 is 0 Å². The summed E-state index contributed by atoms with van der Waals surface area (Å²) in [5, 5.41) is 0. The Morgan fingerprint density at radius 3 is 2.68 bits per heavy atom. The van der Waals surface area contributed by atoms with Gasteiger partial charge in [-0.2, -0.15) is 0 Å². The minimum absolute atomic E-state index is 0.162. The Morgan fingerprint density at radius 1 is 1.18 bits per heavy atom. The highest BCUT2D eigenvalue weighted by Crippen LogP contribution is 2.36. The van der Waals surface area contributed by atoms with Crippen LogP contribution in [0.3, 0.4) is 0 Å². The zero-order valence-corrected chi connectivity index (χ0v) is 14.3. The van der Waals surface area contributed by atoms with Gasteiger partial charge in [0.2, 0.25) is 5.91 Å². The quantitative estimate of drug-likeness (QED) is 0.782. The molecule has 0 aromatic rings. The van der Waals surface area contributed by atoms with Crippen molar-refractivity contribution < 1.29 is 9.53 Å². The molecule has 0 spiro atoms. The second kappa shape index (κ2) is 7.31. The molecule has 1 amide bonds. The van der Waals surface area contributed by atoms with E-state index in [9.17, 15) is 4.79 Å². The van der Waals surface area contributed by atoms with Gasteiger partial charge < -0.3 is 14.5 Å². The molecule has 126 valence electrons. The van der Waals surface area contributed by atoms with Gasteiger partial charge in [0.15, 0.2) is 0 Å². The van der Waals surface area contributed by atoms with Gasteiger partial charge in [-0.15, -0.1) is 0 Å². The van der Waals surface area contributed by atoms with Crippen LogP contribution >= 0.6 is 0 Å². The van der Waals surface area contributed by atoms with Gasteiger partial charge in [0.25, 0.3) is 0 Å². The van der Waals surface area contributed by atoms with E-state index in [0.717, 1.165) is 32.0 Å². The molecule has 0 radical (unpaired) electrons. The average Bonchev–Trinajstić information content (AvgIpc) is 3.29. The van der Waals surface area contributed by atoms with Gasteiger partial charge in [0, 0.05) is 26.2 Å². The van der Waals surface area contributed by atoms with Gasteiger partial charge in [-0.1, -0.05) is 6.92 Å². The van der Waals surface area contributed by atoms with E-state index in [1.165, 1.54) is 45.3 Å². The maximum Gasteiger partial charge on any atom is 0.228 e. The minimum atomic E-state index is 0.162. The zero-order chi connectivity index (χ0) is 15.5. The lowest BCUT2D eigenvalue weighted by Crippen LogP contribution is -2.46. The Bertz CT molecular complexity index is 379. The molecule has 2 heterocycles. The molecule has 4 nitrogen and oxygen atoms in total. The van der Waals surface area contributed by atoms with Crippen LogP contribution in [-0.4, -0.2) is 61.1 Å². The van der Waals surface area contributed by atoms with Gasteiger partial charge in [0.05, 0.1) is 12.0 Å². The standard InChI is InChI=1S/C18H32N2O2/c1-3-22-17-11-16(17)18(21)20-8-4-5-15(13-20)12-19-9-6-14(2)7-10-19/h14-17H,3-13H2,1-2H3/t15-,16-,17-/m1/s1. The Morgan fingerprint density at radius 2 is 1.95 bits per heavy atom. The number of ether oxygens (including phenoxy) is 1. The second-order valence-electron chi connectivity index (χ2n) is 7.61. The number of piperidine rings is 2. The summed E-state index contributed by atoms with van der Waals surface area (Å²) in [5.41, 5.74) is 0. The van der Waals surface area contributed by atoms with Crippen LogP contribution < -0.4 is 0 Å². The average molecular weight is 308 g/mol. The smallest absolute Gasteiger partial charge is 0.228 e. The minimum Gasteiger partial charge on any atom is -0.378 e. The van der Waals surface area contributed by atoms with Crippen LogP contribution in [0.4, 0.5) is 0 Å². The second-order valence-corrected chi connectivity index (χ2v) is 7.61. The first-order valence-corrected chi connectivity index (χ1v) is 9.30. The number of amides is 1. The fourth-order valence-electron chi connectivity index (χ4n) is 4.09. The summed E-state index contributed by atoms with van der Waals surface area (Å²) in [5.74, 6) is 2.09. The maximum atomic E-state index is 12.6. The topological polar surface area (TPSA) is 32.8 Å². The van der Waals surface area contributed by atoms with Crippen molar-refractivity contribution in [1.82, 2.24) is 9.80 Å². The first kappa shape index (κ1) is 16.3. The largest absolute Gasteiger partial charge is 0.378 e. The van der Waals surface area contributed by atoms with Crippen LogP contribution in [0.5, 0.6) is 0 Å². The number of hydrogen-bond donors (Lipinski definition) is 0. The summed E-state index contributed by atoms with van der Waals surface area (Å²) >= 11 is 0. The molecule has 22 heavy (non-hydrogen) atoms. The van der Waals surface area contributed by atoms with E-state index < -0.39 is 0 Å². The number of likely N-dealkylation sites (tertiary alicyclic amines) is 2. The highest BCUT2D eigenvalue weighted by molar-refractivity contribution is 5.82. The van der Waals surface area contributed by atoms with Crippen molar-refractivity contribution >= 4 is 5.91 Å². The summed E-state index contributed by atoms with van der Waals surface area (Å²) in [4.78, 5) is 17.3. The number of hydrogen-bond acceptors (Lipinski definition) is 3. The third-order valence-electron chi connectivity index (χ3n) is 5.65. The monoisotopic (exact) mass is 308 g/mol. The maximum absolute atomic E-state index is 12.6. The molecule has 0 N–H and O–H groups in total. The van der Waals surface area contributed by atoms with Crippen LogP contribution in [0, 0.1) is 17.8 Å². The van der Waals surface area contributed by atoms with Crippen molar-refractivity contribution in [3.05, 3.63) is 0 Å². The lowest BCUT2D eigenvalue weighted by Gasteiger charge is -2.38. The molecule has 1 saturated carbocycles. The van der Waals surface area contributed by atoms with Crippen molar-refractivity contribution in [2.75, 3.05) is 39.3 Å². The van der Waals surface area contributed by atoms with Gasteiger partial charge in [-0.05, 0) is 64.0 Å². The predicted octanol–water partition coefficient (Wildman–Crippen LogP) is 2.38. The van der Waals surface area contributed by atoms with Crippen LogP contribution in [-0.2, 0) is 9.53 Å². The molecule has 2 aliphatic heterocycles. The molecule has 2 saturated heterocycles. The van der Waals surface area contributed by atoms with E-state index in [2.05, 4.69) is 16.7 Å². The van der Waals surface area contributed by atoms with Gasteiger partial charge in [-0.25, -0.2) is 0 Å². The number of carbonyl (C=O) groups is 1. The van der Waals surface area contributed by atoms with E-state index in [1.807, 2.05) is 6.92 Å². The van der Waals surface area contributed by atoms with Crippen molar-refractivity contribution in [1.29, 1.82) is 0 Å². The van der Waals surface area contributed by atoms with Crippen LogP contribution in [0.25, 0.3) is 0 Å². The molecule has 0 aromatic carbocycles. The molecular formula is C18H32N2O2. The van der Waals surface area contributed by atoms with Gasteiger partial charge >= 0.3 is 0 Å². The third kappa shape index (κ3) is 4.02. The fraction of sp³-hybridized carbons (Fsp3) is 0.944. The highest BCUT2D eigenvalue weighted by Gasteiger charge is 2.46. The molecule has 3 atom stereocenters. The van der Waals surface area contributed by atoms with E-state index in [0.29, 0.717) is 11.8 Å². The molecule has 0 bridgehead atoms. The van der Waals surface area contributed by atoms with E-state index in [4.69, 9.17) is 4.74 Å². The Balaban J connectivity index is 1.44. The van der Waals surface area contributed by atoms with Crippen molar-refractivity contribution in [2.45, 2.75) is 52.1 Å². The lowest BCUT2D eigenvalue weighted by atomic mass is 9.94. The normalized spacial score (nSPS) is 33.9. The summed E-state index contributed by atoms with van der Waals surface area (Å²) in [6, 6.07) is 0. The number of rotatable bonds is 5. The van der Waals surface area contributed by atoms with Gasteiger partial charge in [-0.3, -0.25) is 4.79 Å². The predicted molar refractivity (Wildman–Crippen MR) is 87.7 cm³/mol. The number of carbonyl (C=O) groups excluding carboxylic acids is 1. The fourth-order valence-corrected chi connectivity index (χ4v) is 4.09. The van der Waals surface area contributed by atoms with E-state index in [1.54, 1.807) is 0 Å². The molecule has 0 aromatic heterocycles. The Kier molecular flexibility index (Phi) is 5.40. The molecule has 0 unspecified atom stereocenters. The Hall–Kier alpha value is -0.610. The highest BCUT2D eigenvalue weighted by atomic mass is 16.5. The summed E-state index contributed by atoms with van der Waals surface area (Å²) in [6.45, 7) is 10.7. The molecular weight excluding hydrogens is 276 g/mol. The first-order valence-electron chi connectivity index (χ1n) is 9.30. The van der Waals surface area contributed by atoms with E-state index in [-0.39, 0.29) is 12.0 Å². The van der Waals surface area contributed by atoms with Crippen LogP contribution in [0.2, 0.25) is 0 Å². The molecule has 3 fully saturated rings. The van der Waals surface area contributed by atoms with Crippen molar-refractivity contribution in [3.63, 3.8) is 0 Å². The SMILES string of the molecule is CCO[C@@H]1C[C@H]1C(=O)N1CCC[C@H](CN2CCC(C)CC2)C1. The van der Waals surface area contributed by atoms with Gasteiger partial charge in [0.1, 0.15) is 0 Å².